The largest absolute Gasteiger partial charge is 0.495 e. The molecule has 2 aromatic carbocycles. The molecule has 3 aliphatic heterocycles. The SMILES string of the molecule is COc1cc(-n2ccc3cc(OC[C@@H]4CCCO4)ccc3c2=O)ccc1N1CCCN(C2CCOCC2)CC1. The normalized spacial score (nSPS) is 21.3. The molecule has 0 amide bonds. The zero-order chi connectivity index (χ0) is 26.6. The second kappa shape index (κ2) is 12.0. The lowest BCUT2D eigenvalue weighted by Gasteiger charge is -2.33. The van der Waals surface area contributed by atoms with E-state index in [1.165, 1.54) is 0 Å². The van der Waals surface area contributed by atoms with Crippen LogP contribution >= 0.6 is 0 Å². The second-order valence-corrected chi connectivity index (χ2v) is 10.8. The molecule has 3 aliphatic rings. The van der Waals surface area contributed by atoms with Crippen LogP contribution < -0.4 is 19.9 Å². The molecule has 39 heavy (non-hydrogen) atoms. The van der Waals surface area contributed by atoms with Crippen molar-refractivity contribution in [3.8, 4) is 17.2 Å². The fraction of sp³-hybridized carbons (Fsp3) is 0.516. The number of pyridine rings is 1. The molecular weight excluding hydrogens is 494 g/mol. The van der Waals surface area contributed by atoms with Crippen LogP contribution in [-0.4, -0.2) is 81.3 Å². The van der Waals surface area contributed by atoms with Crippen molar-refractivity contribution in [2.24, 2.45) is 0 Å². The van der Waals surface area contributed by atoms with Crippen molar-refractivity contribution < 1.29 is 18.9 Å². The minimum atomic E-state index is -0.0603. The summed E-state index contributed by atoms with van der Waals surface area (Å²) in [7, 11) is 1.70. The molecule has 3 aromatic rings. The summed E-state index contributed by atoms with van der Waals surface area (Å²) in [5, 5.41) is 1.52. The highest BCUT2D eigenvalue weighted by Crippen LogP contribution is 2.32. The molecule has 0 spiro atoms. The summed E-state index contributed by atoms with van der Waals surface area (Å²) in [6.07, 6.45) is 7.49. The fourth-order valence-corrected chi connectivity index (χ4v) is 6.15. The topological polar surface area (TPSA) is 65.4 Å². The average Bonchev–Trinajstić information content (AvgIpc) is 3.39. The van der Waals surface area contributed by atoms with Gasteiger partial charge in [-0.25, -0.2) is 0 Å². The monoisotopic (exact) mass is 533 g/mol. The van der Waals surface area contributed by atoms with E-state index in [1.807, 2.05) is 42.6 Å². The third kappa shape index (κ3) is 5.78. The van der Waals surface area contributed by atoms with Crippen LogP contribution in [0.4, 0.5) is 5.69 Å². The van der Waals surface area contributed by atoms with Crippen molar-refractivity contribution in [1.82, 2.24) is 9.47 Å². The molecule has 1 atom stereocenters. The van der Waals surface area contributed by atoms with Crippen LogP contribution in [0.15, 0.2) is 53.5 Å². The molecule has 8 nitrogen and oxygen atoms in total. The van der Waals surface area contributed by atoms with Gasteiger partial charge in [-0.05, 0) is 73.9 Å². The number of hydrogen-bond acceptors (Lipinski definition) is 7. The Morgan fingerprint density at radius 1 is 0.923 bits per heavy atom. The molecule has 208 valence electrons. The van der Waals surface area contributed by atoms with Gasteiger partial charge in [-0.1, -0.05) is 0 Å². The van der Waals surface area contributed by atoms with E-state index in [0.717, 1.165) is 106 Å². The van der Waals surface area contributed by atoms with Gasteiger partial charge in [-0.2, -0.15) is 0 Å². The van der Waals surface area contributed by atoms with E-state index in [4.69, 9.17) is 18.9 Å². The Hall–Kier alpha value is -3.07. The Morgan fingerprint density at radius 2 is 1.82 bits per heavy atom. The van der Waals surface area contributed by atoms with Gasteiger partial charge in [0.05, 0.1) is 24.6 Å². The molecule has 0 saturated carbocycles. The quantitative estimate of drug-likeness (QED) is 0.450. The highest BCUT2D eigenvalue weighted by molar-refractivity contribution is 5.83. The lowest BCUT2D eigenvalue weighted by atomic mass is 10.1. The van der Waals surface area contributed by atoms with E-state index >= 15 is 0 Å². The zero-order valence-corrected chi connectivity index (χ0v) is 22.8. The van der Waals surface area contributed by atoms with Gasteiger partial charge in [-0.3, -0.25) is 14.3 Å². The molecule has 1 aromatic heterocycles. The van der Waals surface area contributed by atoms with Gasteiger partial charge in [0, 0.05) is 69.7 Å². The van der Waals surface area contributed by atoms with E-state index in [-0.39, 0.29) is 11.7 Å². The summed E-state index contributed by atoms with van der Waals surface area (Å²) in [5.74, 6) is 1.55. The van der Waals surface area contributed by atoms with Crippen molar-refractivity contribution in [3.05, 3.63) is 59.0 Å². The highest BCUT2D eigenvalue weighted by Gasteiger charge is 2.25. The maximum absolute atomic E-state index is 13.5. The summed E-state index contributed by atoms with van der Waals surface area (Å²) in [5.41, 5.74) is 1.81. The number of anilines is 1. The lowest BCUT2D eigenvalue weighted by molar-refractivity contribution is 0.0365. The number of hydrogen-bond donors (Lipinski definition) is 0. The fourth-order valence-electron chi connectivity index (χ4n) is 6.15. The minimum absolute atomic E-state index is 0.0603. The molecule has 0 N–H and O–H groups in total. The first kappa shape index (κ1) is 26.2. The van der Waals surface area contributed by atoms with E-state index in [2.05, 4.69) is 15.9 Å². The third-order valence-electron chi connectivity index (χ3n) is 8.36. The van der Waals surface area contributed by atoms with Gasteiger partial charge in [0.1, 0.15) is 18.1 Å². The Morgan fingerprint density at radius 3 is 2.64 bits per heavy atom. The predicted octanol–water partition coefficient (Wildman–Crippen LogP) is 4.25. The van der Waals surface area contributed by atoms with Crippen molar-refractivity contribution >= 4 is 16.5 Å². The number of aromatic nitrogens is 1. The first-order chi connectivity index (χ1) is 19.2. The maximum Gasteiger partial charge on any atom is 0.262 e. The van der Waals surface area contributed by atoms with Gasteiger partial charge in [0.2, 0.25) is 0 Å². The van der Waals surface area contributed by atoms with Gasteiger partial charge < -0.3 is 23.8 Å². The van der Waals surface area contributed by atoms with Crippen LogP contribution in [0.25, 0.3) is 16.5 Å². The van der Waals surface area contributed by atoms with E-state index in [1.54, 1.807) is 11.7 Å². The minimum Gasteiger partial charge on any atom is -0.495 e. The second-order valence-electron chi connectivity index (χ2n) is 10.8. The first-order valence-corrected chi connectivity index (χ1v) is 14.3. The number of methoxy groups -OCH3 is 1. The molecule has 0 unspecified atom stereocenters. The number of fused-ring (bicyclic) bond motifs is 1. The van der Waals surface area contributed by atoms with E-state index in [9.17, 15) is 4.79 Å². The molecular formula is C31H39N3O5. The maximum atomic E-state index is 13.5. The molecule has 6 rings (SSSR count). The van der Waals surface area contributed by atoms with Gasteiger partial charge in [0.25, 0.3) is 5.56 Å². The van der Waals surface area contributed by atoms with Crippen molar-refractivity contribution in [2.75, 3.05) is 64.6 Å². The van der Waals surface area contributed by atoms with Crippen LogP contribution in [0.5, 0.6) is 11.5 Å². The molecule has 0 aliphatic carbocycles. The van der Waals surface area contributed by atoms with Gasteiger partial charge >= 0.3 is 0 Å². The summed E-state index contributed by atoms with van der Waals surface area (Å²) in [4.78, 5) is 18.5. The zero-order valence-electron chi connectivity index (χ0n) is 22.8. The van der Waals surface area contributed by atoms with Crippen LogP contribution in [0, 0.1) is 0 Å². The lowest BCUT2D eigenvalue weighted by Crippen LogP contribution is -2.41. The highest BCUT2D eigenvalue weighted by atomic mass is 16.5. The Balaban J connectivity index is 1.19. The summed E-state index contributed by atoms with van der Waals surface area (Å²) < 4.78 is 24.7. The summed E-state index contributed by atoms with van der Waals surface area (Å²) in [6, 6.07) is 14.3. The molecule has 3 fully saturated rings. The van der Waals surface area contributed by atoms with E-state index in [0.29, 0.717) is 18.0 Å². The Bertz CT molecular complexity index is 1330. The molecule has 3 saturated heterocycles. The number of nitrogens with zero attached hydrogens (tertiary/aromatic N) is 3. The number of benzene rings is 2. The number of ether oxygens (including phenoxy) is 4. The van der Waals surface area contributed by atoms with Crippen molar-refractivity contribution in [3.63, 3.8) is 0 Å². The summed E-state index contributed by atoms with van der Waals surface area (Å²) in [6.45, 7) is 7.21. The smallest absolute Gasteiger partial charge is 0.262 e. The molecule has 0 bridgehead atoms. The molecule has 4 heterocycles. The average molecular weight is 534 g/mol. The molecule has 8 heteroatoms. The van der Waals surface area contributed by atoms with Crippen LogP contribution in [0.2, 0.25) is 0 Å². The van der Waals surface area contributed by atoms with Gasteiger partial charge in [0.15, 0.2) is 0 Å². The molecule has 0 radical (unpaired) electrons. The standard InChI is InChI=1S/C31H39N3O5/c1-36-30-21-25(5-8-29(30)33-13-3-12-32(15-16-33)24-10-18-37-19-11-24)34-14-9-23-20-26(6-7-28(23)31(34)35)39-22-27-4-2-17-38-27/h5-9,14,20-21,24,27H,2-4,10-13,15-19,22H2,1H3/t27-/m0/s1. The van der Waals surface area contributed by atoms with Crippen LogP contribution in [-0.2, 0) is 9.47 Å². The number of rotatable bonds is 7. The third-order valence-corrected chi connectivity index (χ3v) is 8.36. The van der Waals surface area contributed by atoms with Crippen molar-refractivity contribution in [2.45, 2.75) is 44.2 Å². The predicted molar refractivity (Wildman–Crippen MR) is 153 cm³/mol. The van der Waals surface area contributed by atoms with Crippen molar-refractivity contribution in [1.29, 1.82) is 0 Å². The van der Waals surface area contributed by atoms with Crippen LogP contribution in [0.1, 0.15) is 32.1 Å². The van der Waals surface area contributed by atoms with E-state index < -0.39 is 0 Å². The Kier molecular flexibility index (Phi) is 8.04. The van der Waals surface area contributed by atoms with Gasteiger partial charge in [-0.15, -0.1) is 0 Å². The Labute approximate surface area is 230 Å². The first-order valence-electron chi connectivity index (χ1n) is 14.3. The van der Waals surface area contributed by atoms with Crippen LogP contribution in [0.3, 0.4) is 0 Å². The summed E-state index contributed by atoms with van der Waals surface area (Å²) >= 11 is 0.